The SMILES string of the molecule is CN(C)S(=O)(=O)N(CCBr)CC(F)F. The smallest absolute Gasteiger partial charge is 0.209 e. The molecule has 0 saturated heterocycles. The first kappa shape index (κ1) is 14.2. The summed E-state index contributed by atoms with van der Waals surface area (Å²) in [5.74, 6) is 0. The molecule has 0 unspecified atom stereocenters. The molecule has 0 aliphatic rings. The van der Waals surface area contributed by atoms with Gasteiger partial charge < -0.3 is 0 Å². The van der Waals surface area contributed by atoms with Crippen LogP contribution >= 0.6 is 15.9 Å². The molecular weight excluding hydrogens is 282 g/mol. The maximum absolute atomic E-state index is 12.1. The largest absolute Gasteiger partial charge is 0.281 e. The van der Waals surface area contributed by atoms with E-state index in [0.717, 1.165) is 8.61 Å². The molecular formula is C6H13BrF2N2O2S. The Kier molecular flexibility index (Phi) is 6.03. The van der Waals surface area contributed by atoms with Crippen LogP contribution in [0, 0.1) is 0 Å². The van der Waals surface area contributed by atoms with Gasteiger partial charge in [0.05, 0.1) is 6.54 Å². The molecule has 0 rings (SSSR count). The summed E-state index contributed by atoms with van der Waals surface area (Å²) in [6.07, 6.45) is -2.66. The van der Waals surface area contributed by atoms with Gasteiger partial charge in [-0.3, -0.25) is 0 Å². The second kappa shape index (κ2) is 5.94. The van der Waals surface area contributed by atoms with E-state index in [9.17, 15) is 17.2 Å². The van der Waals surface area contributed by atoms with Crippen molar-refractivity contribution < 1.29 is 17.2 Å². The highest BCUT2D eigenvalue weighted by Gasteiger charge is 2.26. The van der Waals surface area contributed by atoms with Crippen LogP contribution in [0.1, 0.15) is 0 Å². The Morgan fingerprint density at radius 3 is 2.14 bits per heavy atom. The molecule has 0 radical (unpaired) electrons. The third kappa shape index (κ3) is 4.16. The van der Waals surface area contributed by atoms with Crippen LogP contribution < -0.4 is 0 Å². The van der Waals surface area contributed by atoms with Gasteiger partial charge in [0, 0.05) is 26.0 Å². The van der Waals surface area contributed by atoms with Crippen LogP contribution in [-0.4, -0.2) is 56.0 Å². The summed E-state index contributed by atoms with van der Waals surface area (Å²) in [6.45, 7) is -0.739. The minimum absolute atomic E-state index is 0.0326. The minimum Gasteiger partial charge on any atom is -0.209 e. The van der Waals surface area contributed by atoms with E-state index >= 15 is 0 Å². The molecule has 0 aromatic carbocycles. The van der Waals surface area contributed by atoms with E-state index in [4.69, 9.17) is 0 Å². The number of hydrogen-bond acceptors (Lipinski definition) is 2. The lowest BCUT2D eigenvalue weighted by molar-refractivity contribution is 0.119. The first-order chi connectivity index (χ1) is 6.32. The van der Waals surface area contributed by atoms with Crippen LogP contribution in [0.3, 0.4) is 0 Å². The zero-order valence-corrected chi connectivity index (χ0v) is 10.4. The van der Waals surface area contributed by atoms with Gasteiger partial charge >= 0.3 is 0 Å². The molecule has 0 saturated carbocycles. The summed E-state index contributed by atoms with van der Waals surface area (Å²) in [5, 5.41) is 0.326. The molecule has 0 N–H and O–H groups in total. The number of halogens is 3. The molecule has 0 amide bonds. The Balaban J connectivity index is 4.64. The standard InChI is InChI=1S/C6H13BrF2N2O2S/c1-10(2)14(12,13)11(4-3-7)5-6(8)9/h6H,3-5H2,1-2H3. The van der Waals surface area contributed by atoms with Crippen LogP contribution in [0.25, 0.3) is 0 Å². The van der Waals surface area contributed by atoms with E-state index in [1.165, 1.54) is 14.1 Å². The second-order valence-corrected chi connectivity index (χ2v) is 5.66. The maximum atomic E-state index is 12.1. The van der Waals surface area contributed by atoms with Gasteiger partial charge in [-0.15, -0.1) is 0 Å². The highest BCUT2D eigenvalue weighted by Crippen LogP contribution is 2.08. The van der Waals surface area contributed by atoms with Crippen molar-refractivity contribution in [2.45, 2.75) is 6.43 Å². The maximum Gasteiger partial charge on any atom is 0.281 e. The summed E-state index contributed by atoms with van der Waals surface area (Å²) in [6, 6.07) is 0. The van der Waals surface area contributed by atoms with Crippen LogP contribution in [0.5, 0.6) is 0 Å². The summed E-state index contributed by atoms with van der Waals surface area (Å²) >= 11 is 3.01. The van der Waals surface area contributed by atoms with Gasteiger partial charge in [-0.05, 0) is 0 Å². The van der Waals surface area contributed by atoms with Gasteiger partial charge in [0.25, 0.3) is 16.6 Å². The monoisotopic (exact) mass is 294 g/mol. The van der Waals surface area contributed by atoms with Gasteiger partial charge in [0.15, 0.2) is 0 Å². The van der Waals surface area contributed by atoms with Crippen molar-refractivity contribution >= 4 is 26.1 Å². The number of rotatable bonds is 6. The van der Waals surface area contributed by atoms with Crippen molar-refractivity contribution in [1.82, 2.24) is 8.61 Å². The molecule has 0 fully saturated rings. The van der Waals surface area contributed by atoms with Crippen LogP contribution in [0.15, 0.2) is 0 Å². The van der Waals surface area contributed by atoms with E-state index in [1.807, 2.05) is 0 Å². The predicted octanol–water partition coefficient (Wildman–Crippen LogP) is 0.755. The van der Waals surface area contributed by atoms with Crippen LogP contribution in [-0.2, 0) is 10.2 Å². The highest BCUT2D eigenvalue weighted by atomic mass is 79.9. The molecule has 0 atom stereocenters. The lowest BCUT2D eigenvalue weighted by Gasteiger charge is -2.24. The molecule has 0 bridgehead atoms. The quantitative estimate of drug-likeness (QED) is 0.679. The van der Waals surface area contributed by atoms with Gasteiger partial charge in [-0.1, -0.05) is 15.9 Å². The van der Waals surface area contributed by atoms with E-state index < -0.39 is 23.2 Å². The average Bonchev–Trinajstić information content (AvgIpc) is 2.02. The zero-order chi connectivity index (χ0) is 11.4. The molecule has 0 heterocycles. The Hall–Kier alpha value is 0.210. The first-order valence-electron chi connectivity index (χ1n) is 3.84. The Morgan fingerprint density at radius 2 is 1.86 bits per heavy atom. The summed E-state index contributed by atoms with van der Waals surface area (Å²) in [4.78, 5) is 0. The topological polar surface area (TPSA) is 40.6 Å². The summed E-state index contributed by atoms with van der Waals surface area (Å²) < 4.78 is 48.7. The molecule has 0 spiro atoms. The molecule has 0 aromatic rings. The van der Waals surface area contributed by atoms with E-state index in [1.54, 1.807) is 0 Å². The highest BCUT2D eigenvalue weighted by molar-refractivity contribution is 9.09. The predicted molar refractivity (Wildman–Crippen MR) is 54.0 cm³/mol. The van der Waals surface area contributed by atoms with Crippen molar-refractivity contribution in [2.75, 3.05) is 32.5 Å². The number of hydrogen-bond donors (Lipinski definition) is 0. The van der Waals surface area contributed by atoms with Crippen LogP contribution in [0.2, 0.25) is 0 Å². The fourth-order valence-corrected chi connectivity index (χ4v) is 2.53. The Morgan fingerprint density at radius 1 is 1.36 bits per heavy atom. The minimum atomic E-state index is -3.74. The van der Waals surface area contributed by atoms with Crippen molar-refractivity contribution in [2.24, 2.45) is 0 Å². The lowest BCUT2D eigenvalue weighted by atomic mass is 10.6. The van der Waals surface area contributed by atoms with Crippen molar-refractivity contribution in [3.63, 3.8) is 0 Å². The van der Waals surface area contributed by atoms with E-state index in [-0.39, 0.29) is 6.54 Å². The number of alkyl halides is 3. The van der Waals surface area contributed by atoms with Gasteiger partial charge in [-0.2, -0.15) is 17.0 Å². The molecule has 0 aromatic heterocycles. The number of nitrogens with zero attached hydrogens (tertiary/aromatic N) is 2. The summed E-state index contributed by atoms with van der Waals surface area (Å²) in [7, 11) is -1.12. The third-order valence-electron chi connectivity index (χ3n) is 1.46. The first-order valence-corrected chi connectivity index (χ1v) is 6.36. The Bertz CT molecular complexity index is 259. The molecule has 0 aliphatic carbocycles. The fraction of sp³-hybridized carbons (Fsp3) is 1.00. The van der Waals surface area contributed by atoms with Gasteiger partial charge in [0.1, 0.15) is 0 Å². The van der Waals surface area contributed by atoms with Crippen molar-refractivity contribution in [3.8, 4) is 0 Å². The van der Waals surface area contributed by atoms with Gasteiger partial charge in [0.2, 0.25) is 0 Å². The van der Waals surface area contributed by atoms with Gasteiger partial charge in [-0.25, -0.2) is 8.78 Å². The molecule has 8 heteroatoms. The Labute approximate surface area is 91.2 Å². The normalized spacial score (nSPS) is 13.1. The van der Waals surface area contributed by atoms with Crippen LogP contribution in [0.4, 0.5) is 8.78 Å². The molecule has 14 heavy (non-hydrogen) atoms. The second-order valence-electron chi connectivity index (χ2n) is 2.73. The fourth-order valence-electron chi connectivity index (χ4n) is 0.780. The summed E-state index contributed by atoms with van der Waals surface area (Å²) in [5.41, 5.74) is 0. The van der Waals surface area contributed by atoms with Crippen molar-refractivity contribution in [1.29, 1.82) is 0 Å². The van der Waals surface area contributed by atoms with Crippen molar-refractivity contribution in [3.05, 3.63) is 0 Å². The molecule has 0 aliphatic heterocycles. The molecule has 4 nitrogen and oxygen atoms in total. The zero-order valence-electron chi connectivity index (χ0n) is 7.95. The van der Waals surface area contributed by atoms with E-state index in [2.05, 4.69) is 15.9 Å². The molecule has 86 valence electrons. The van der Waals surface area contributed by atoms with E-state index in [0.29, 0.717) is 5.33 Å². The third-order valence-corrected chi connectivity index (χ3v) is 3.73. The average molecular weight is 295 g/mol. The lowest BCUT2D eigenvalue weighted by Crippen LogP contribution is -2.43.